The number of halogens is 1. The van der Waals surface area contributed by atoms with Crippen molar-refractivity contribution in [2.45, 2.75) is 26.1 Å². The average molecular weight is 512 g/mol. The van der Waals surface area contributed by atoms with Crippen LogP contribution in [0.2, 0.25) is 0 Å². The number of aromatic nitrogens is 2. The Morgan fingerprint density at radius 2 is 2.08 bits per heavy atom. The fraction of sp³-hybridized carbons (Fsp3) is 0.308. The van der Waals surface area contributed by atoms with Crippen LogP contribution < -0.4 is 16.4 Å². The molecule has 0 radical (unpaired) electrons. The first-order chi connectivity index (χ1) is 17.8. The van der Waals surface area contributed by atoms with E-state index in [1.54, 1.807) is 18.5 Å². The van der Waals surface area contributed by atoms with Gasteiger partial charge in [-0.2, -0.15) is 0 Å². The number of cyclic esters (lactones) is 1. The Morgan fingerprint density at radius 1 is 1.38 bits per heavy atom. The first kappa shape index (κ1) is 29.0. The van der Waals surface area contributed by atoms with Crippen LogP contribution in [-0.4, -0.2) is 65.6 Å². The number of benzene rings is 1. The van der Waals surface area contributed by atoms with E-state index in [2.05, 4.69) is 27.9 Å². The van der Waals surface area contributed by atoms with Crippen LogP contribution in [0.4, 0.5) is 9.18 Å². The van der Waals surface area contributed by atoms with Gasteiger partial charge in [0.25, 0.3) is 0 Å². The number of hydrogen-bond acceptors (Lipinski definition) is 6. The van der Waals surface area contributed by atoms with Gasteiger partial charge < -0.3 is 30.6 Å². The fourth-order valence-electron chi connectivity index (χ4n) is 3.57. The quantitative estimate of drug-likeness (QED) is 0.208. The first-order valence-corrected chi connectivity index (χ1v) is 11.6. The third-order valence-corrected chi connectivity index (χ3v) is 5.25. The van der Waals surface area contributed by atoms with Crippen LogP contribution >= 0.6 is 0 Å². The molecule has 1 aromatic heterocycles. The molecule has 1 unspecified atom stereocenters. The number of nitrogens with one attached hydrogen (secondary N) is 3. The molecule has 0 spiro atoms. The maximum atomic E-state index is 14.6. The van der Waals surface area contributed by atoms with Crippen LogP contribution in [0.15, 0.2) is 67.4 Å². The predicted octanol–water partition coefficient (Wildman–Crippen LogP) is 2.58. The van der Waals surface area contributed by atoms with Gasteiger partial charge >= 0.3 is 6.09 Å². The first-order valence-electron chi connectivity index (χ1n) is 11.6. The molecule has 1 aromatic carbocycles. The van der Waals surface area contributed by atoms with E-state index in [-0.39, 0.29) is 19.0 Å². The van der Waals surface area contributed by atoms with Crippen LogP contribution in [0.3, 0.4) is 0 Å². The smallest absolute Gasteiger partial charge is 0.410 e. The number of imidazole rings is 1. The SMILES string of the molecule is C=C/C(F)=C(\C=C/CN1CC(CNC(C)=O)OC1=O)c1ccc(Cn2cnc(CNC)c2)cc1.N=CN. The van der Waals surface area contributed by atoms with E-state index in [4.69, 9.17) is 10.1 Å². The van der Waals surface area contributed by atoms with E-state index < -0.39 is 18.0 Å². The Bertz CT molecular complexity index is 1130. The molecule has 198 valence electrons. The number of ether oxygens (including phenoxy) is 1. The summed E-state index contributed by atoms with van der Waals surface area (Å²) in [5, 5.41) is 11.6. The van der Waals surface area contributed by atoms with Gasteiger partial charge in [0.05, 0.1) is 31.4 Å². The second-order valence-corrected chi connectivity index (χ2v) is 8.15. The second-order valence-electron chi connectivity index (χ2n) is 8.15. The normalized spacial score (nSPS) is 15.5. The van der Waals surface area contributed by atoms with Gasteiger partial charge in [-0.1, -0.05) is 43.0 Å². The lowest BCUT2D eigenvalue weighted by atomic mass is 10.0. The summed E-state index contributed by atoms with van der Waals surface area (Å²) in [7, 11) is 1.88. The lowest BCUT2D eigenvalue weighted by Crippen LogP contribution is -2.33. The minimum Gasteiger partial charge on any atom is -0.442 e. The van der Waals surface area contributed by atoms with Crippen LogP contribution in [0, 0.1) is 5.41 Å². The van der Waals surface area contributed by atoms with Gasteiger partial charge in [0, 0.05) is 38.3 Å². The van der Waals surface area contributed by atoms with E-state index in [1.165, 1.54) is 11.8 Å². The molecule has 11 heteroatoms. The second kappa shape index (κ2) is 15.0. The summed E-state index contributed by atoms with van der Waals surface area (Å²) in [5.74, 6) is -0.637. The van der Waals surface area contributed by atoms with E-state index in [0.717, 1.165) is 23.7 Å². The molecule has 0 aliphatic carbocycles. The van der Waals surface area contributed by atoms with Crippen molar-refractivity contribution in [1.82, 2.24) is 25.1 Å². The van der Waals surface area contributed by atoms with E-state index in [0.29, 0.717) is 30.8 Å². The molecule has 2 aromatic rings. The molecule has 1 aliphatic rings. The number of nitrogens with zero attached hydrogens (tertiary/aromatic N) is 3. The molecule has 2 amide bonds. The zero-order valence-corrected chi connectivity index (χ0v) is 21.1. The van der Waals surface area contributed by atoms with Crippen LogP contribution in [0.25, 0.3) is 5.57 Å². The standard InChI is InChI=1S/C25H30FN5O3.CH4N2/c1-4-24(26)23(6-5-11-31-16-22(34-25(31)33)13-28-18(2)32)20-9-7-19(8-10-20)14-30-15-21(12-27-3)29-17-30;2-1-3/h4-10,15,17,22,27H,1,11-14,16H2,2-3H3,(H,28,32);1H,(H3,2,3)/b6-5-,24-23-;. The third-order valence-electron chi connectivity index (χ3n) is 5.25. The van der Waals surface area contributed by atoms with Gasteiger partial charge in [-0.15, -0.1) is 0 Å². The maximum Gasteiger partial charge on any atom is 0.410 e. The predicted molar refractivity (Wildman–Crippen MR) is 141 cm³/mol. The Balaban J connectivity index is 0.00000153. The number of amides is 2. The van der Waals surface area contributed by atoms with Crippen molar-refractivity contribution in [1.29, 1.82) is 5.41 Å². The van der Waals surface area contributed by atoms with Crippen molar-refractivity contribution in [2.75, 3.05) is 26.7 Å². The van der Waals surface area contributed by atoms with Crippen LogP contribution in [0.1, 0.15) is 23.7 Å². The Kier molecular flexibility index (Phi) is 11.7. The maximum absolute atomic E-state index is 14.6. The van der Waals surface area contributed by atoms with Crippen molar-refractivity contribution in [3.63, 3.8) is 0 Å². The lowest BCUT2D eigenvalue weighted by molar-refractivity contribution is -0.119. The van der Waals surface area contributed by atoms with Crippen LogP contribution in [-0.2, 0) is 22.6 Å². The molecule has 5 N–H and O–H groups in total. The van der Waals surface area contributed by atoms with E-state index in [1.807, 2.05) is 42.1 Å². The van der Waals surface area contributed by atoms with Gasteiger partial charge in [0.15, 0.2) is 0 Å². The Labute approximate surface area is 216 Å². The van der Waals surface area contributed by atoms with Gasteiger partial charge in [0.2, 0.25) is 5.91 Å². The minimum atomic E-state index is -0.462. The number of hydrogen-bond donors (Lipinski definition) is 4. The molecular formula is C26H34FN7O3. The summed E-state index contributed by atoms with van der Waals surface area (Å²) in [6, 6.07) is 7.61. The molecule has 3 rings (SSSR count). The minimum absolute atomic E-state index is 0.182. The average Bonchev–Trinajstić information content (AvgIpc) is 3.47. The molecule has 0 bridgehead atoms. The summed E-state index contributed by atoms with van der Waals surface area (Å²) >= 11 is 0. The summed E-state index contributed by atoms with van der Waals surface area (Å²) in [5.41, 5.74) is 7.49. The molecule has 1 saturated heterocycles. The zero-order valence-electron chi connectivity index (χ0n) is 21.1. The third kappa shape index (κ3) is 9.37. The Morgan fingerprint density at radius 3 is 2.70 bits per heavy atom. The van der Waals surface area contributed by atoms with Crippen molar-refractivity contribution >= 4 is 23.9 Å². The van der Waals surface area contributed by atoms with Gasteiger partial charge in [0.1, 0.15) is 11.9 Å². The number of nitrogens with two attached hydrogens (primary N) is 1. The van der Waals surface area contributed by atoms with E-state index >= 15 is 0 Å². The van der Waals surface area contributed by atoms with Gasteiger partial charge in [-0.25, -0.2) is 14.2 Å². The molecule has 1 aliphatic heterocycles. The molecule has 0 saturated carbocycles. The molecule has 1 atom stereocenters. The highest BCUT2D eigenvalue weighted by Crippen LogP contribution is 2.23. The zero-order chi connectivity index (χ0) is 27.2. The van der Waals surface area contributed by atoms with Crippen molar-refractivity contribution in [3.8, 4) is 0 Å². The Hall–Kier alpha value is -4.25. The molecule has 10 nitrogen and oxygen atoms in total. The number of carbonyl (C=O) groups excluding carboxylic acids is 2. The highest BCUT2D eigenvalue weighted by Gasteiger charge is 2.30. The van der Waals surface area contributed by atoms with Crippen LogP contribution in [0.5, 0.6) is 0 Å². The largest absolute Gasteiger partial charge is 0.442 e. The lowest BCUT2D eigenvalue weighted by Gasteiger charge is -2.11. The summed E-state index contributed by atoms with van der Waals surface area (Å²) in [4.78, 5) is 28.9. The molecular weight excluding hydrogens is 477 g/mol. The summed E-state index contributed by atoms with van der Waals surface area (Å²) in [6.45, 7) is 7.19. The molecule has 2 heterocycles. The van der Waals surface area contributed by atoms with Crippen molar-refractivity contribution in [3.05, 3.63) is 84.2 Å². The number of rotatable bonds is 11. The van der Waals surface area contributed by atoms with Gasteiger partial charge in [-0.05, 0) is 24.3 Å². The fourth-order valence-corrected chi connectivity index (χ4v) is 3.57. The molecule has 37 heavy (non-hydrogen) atoms. The monoisotopic (exact) mass is 511 g/mol. The summed E-state index contributed by atoms with van der Waals surface area (Å²) < 4.78 is 21.8. The van der Waals surface area contributed by atoms with Crippen molar-refractivity contribution < 1.29 is 18.7 Å². The highest BCUT2D eigenvalue weighted by molar-refractivity contribution is 5.77. The summed E-state index contributed by atoms with van der Waals surface area (Å²) in [6.07, 6.45) is 8.17. The van der Waals surface area contributed by atoms with E-state index in [9.17, 15) is 14.0 Å². The molecule has 1 fully saturated rings. The highest BCUT2D eigenvalue weighted by atomic mass is 19.1. The van der Waals surface area contributed by atoms with Gasteiger partial charge in [-0.3, -0.25) is 10.2 Å². The van der Waals surface area contributed by atoms with Crippen molar-refractivity contribution in [2.24, 2.45) is 5.73 Å². The number of carbonyl (C=O) groups is 2. The topological polar surface area (TPSA) is 138 Å². The number of allylic oxidation sites excluding steroid dienone is 4.